The minimum atomic E-state index is -4.49. The first-order chi connectivity index (χ1) is 11.3. The van der Waals surface area contributed by atoms with Gasteiger partial charge in [0.1, 0.15) is 18.3 Å². The number of phosphoric ester groups is 1. The number of nitrogens with zero attached hydrogens (tertiary/aromatic N) is 3. The molecule has 0 bridgehead atoms. The Morgan fingerprint density at radius 2 is 2.20 bits per heavy atom. The number of rotatable bonds is 1. The van der Waals surface area contributed by atoms with Crippen molar-refractivity contribution in [2.45, 2.75) is 24.5 Å². The van der Waals surface area contributed by atoms with E-state index in [0.29, 0.717) is 0 Å². The number of hydrogen-bond acceptors (Lipinski definition) is 10. The normalized spacial score (nSPS) is 34.7. The number of nitrogen functional groups attached to an aromatic ring is 1. The minimum Gasteiger partial charge on any atom is -0.756 e. The van der Waals surface area contributed by atoms with Gasteiger partial charge in [0.15, 0.2) is 22.1 Å². The van der Waals surface area contributed by atoms with Crippen LogP contribution in [-0.4, -0.2) is 49.5 Å². The Balaban J connectivity index is 0.00000182. The van der Waals surface area contributed by atoms with E-state index in [2.05, 4.69) is 35.4 Å². The number of H-pyrrole nitrogens is 1. The van der Waals surface area contributed by atoms with Gasteiger partial charge >= 0.3 is 29.6 Å². The van der Waals surface area contributed by atoms with Gasteiger partial charge in [-0.3, -0.25) is 18.9 Å². The van der Waals surface area contributed by atoms with E-state index in [9.17, 15) is 19.4 Å². The molecule has 2 saturated heterocycles. The van der Waals surface area contributed by atoms with E-state index in [4.69, 9.17) is 15.0 Å². The number of aromatic nitrogens is 4. The third-order valence-electron chi connectivity index (χ3n) is 3.74. The number of anilines is 1. The van der Waals surface area contributed by atoms with Crippen molar-refractivity contribution in [1.82, 2.24) is 19.5 Å². The Morgan fingerprint density at radius 1 is 1.48 bits per heavy atom. The number of aromatic amines is 1. The van der Waals surface area contributed by atoms with Gasteiger partial charge < -0.3 is 29.5 Å². The van der Waals surface area contributed by atoms with Crippen LogP contribution in [0.15, 0.2) is 9.53 Å². The number of nitrogens with two attached hydrogens (primary N) is 1. The number of fused-ring (bicyclic) bond motifs is 2. The summed E-state index contributed by atoms with van der Waals surface area (Å²) < 4.78 is 27.8. The standard InChI is InChI=1S/C10H11BrN5O7P.Na/c11-9-13-3-6(14-10(12)15-7(3)18)16(9)8-4(17)5-2(22-8)1-21-24(19,20)23-5;/h2,4-5,8,17H,1H2,(H,19,20)(H3,12,14,15,18);/q;+1/p-1/t2-,4?,5-,8?;/m0./s1. The molecule has 4 rings (SSSR count). The van der Waals surface area contributed by atoms with E-state index in [-0.39, 0.29) is 58.0 Å². The summed E-state index contributed by atoms with van der Waals surface area (Å²) in [6.07, 6.45) is -4.42. The zero-order chi connectivity index (χ0) is 17.2. The van der Waals surface area contributed by atoms with Crippen molar-refractivity contribution in [2.24, 2.45) is 0 Å². The molecular weight excluding hydrogens is 436 g/mol. The maximum absolute atomic E-state index is 11.9. The SMILES string of the molecule is Nc1nc2c(nc(Br)n2C2O[C@H]3COP(=O)([O-])O[C@@H]3C2O)c(=O)[nH]1.[Na+]. The summed E-state index contributed by atoms with van der Waals surface area (Å²) >= 11 is 3.17. The molecule has 25 heavy (non-hydrogen) atoms. The predicted molar refractivity (Wildman–Crippen MR) is 78.6 cm³/mol. The molecule has 0 aliphatic carbocycles. The van der Waals surface area contributed by atoms with Crippen LogP contribution < -0.4 is 45.7 Å². The van der Waals surface area contributed by atoms with Gasteiger partial charge in [0.25, 0.3) is 13.4 Å². The number of ether oxygens (including phenoxy) is 1. The molecule has 3 unspecified atom stereocenters. The second-order valence-electron chi connectivity index (χ2n) is 5.24. The number of hydrogen-bond donors (Lipinski definition) is 3. The summed E-state index contributed by atoms with van der Waals surface area (Å²) in [7, 11) is -4.49. The molecule has 2 fully saturated rings. The van der Waals surface area contributed by atoms with Gasteiger partial charge in [-0.2, -0.15) is 4.98 Å². The molecule has 0 spiro atoms. The molecule has 4 N–H and O–H groups in total. The van der Waals surface area contributed by atoms with Crippen molar-refractivity contribution >= 4 is 40.9 Å². The quantitative estimate of drug-likeness (QED) is 0.220. The first-order valence-electron chi connectivity index (χ1n) is 6.67. The van der Waals surface area contributed by atoms with Crippen molar-refractivity contribution in [1.29, 1.82) is 0 Å². The molecule has 5 atom stereocenters. The fourth-order valence-corrected chi connectivity index (χ4v) is 4.24. The van der Waals surface area contributed by atoms with Crippen LogP contribution in [0.3, 0.4) is 0 Å². The van der Waals surface area contributed by atoms with Gasteiger partial charge in [-0.15, -0.1) is 0 Å². The first kappa shape index (κ1) is 19.4. The molecule has 2 aromatic heterocycles. The Kier molecular flexibility index (Phi) is 5.19. The molecular formula is C10H10BrN5NaO7P. The van der Waals surface area contributed by atoms with E-state index in [1.807, 2.05) is 0 Å². The van der Waals surface area contributed by atoms with Crippen LogP contribution in [0.25, 0.3) is 11.2 Å². The van der Waals surface area contributed by atoms with E-state index in [0.717, 1.165) is 0 Å². The van der Waals surface area contributed by atoms with E-state index in [1.165, 1.54) is 4.57 Å². The Bertz CT molecular complexity index is 936. The summed E-state index contributed by atoms with van der Waals surface area (Å²) in [6.45, 7) is -0.292. The van der Waals surface area contributed by atoms with Gasteiger partial charge in [-0.25, -0.2) is 4.98 Å². The summed E-state index contributed by atoms with van der Waals surface area (Å²) in [6, 6.07) is 0. The van der Waals surface area contributed by atoms with E-state index >= 15 is 0 Å². The van der Waals surface area contributed by atoms with Gasteiger partial charge in [0.2, 0.25) is 5.95 Å². The van der Waals surface area contributed by atoms with Gasteiger partial charge in [0, 0.05) is 0 Å². The molecule has 0 amide bonds. The average Bonchev–Trinajstić information content (AvgIpc) is 2.96. The molecule has 4 heterocycles. The van der Waals surface area contributed by atoms with E-state index in [1.54, 1.807) is 0 Å². The molecule has 130 valence electrons. The maximum atomic E-state index is 11.9. The molecule has 2 aliphatic heterocycles. The second-order valence-corrected chi connectivity index (χ2v) is 7.32. The summed E-state index contributed by atoms with van der Waals surface area (Å²) in [4.78, 5) is 33.6. The number of imidazole rings is 1. The Labute approximate surface area is 169 Å². The van der Waals surface area contributed by atoms with Crippen LogP contribution in [0, 0.1) is 0 Å². The molecule has 2 aromatic rings. The largest absolute Gasteiger partial charge is 1.00 e. The van der Waals surface area contributed by atoms with Crippen LogP contribution >= 0.6 is 23.8 Å². The monoisotopic (exact) mass is 445 g/mol. The van der Waals surface area contributed by atoms with Crippen LogP contribution in [0.4, 0.5) is 5.95 Å². The molecule has 0 aromatic carbocycles. The Morgan fingerprint density at radius 3 is 2.92 bits per heavy atom. The summed E-state index contributed by atoms with van der Waals surface area (Å²) in [5.74, 6) is -0.144. The van der Waals surface area contributed by atoms with Crippen molar-refractivity contribution in [3.63, 3.8) is 0 Å². The zero-order valence-electron chi connectivity index (χ0n) is 12.7. The smallest absolute Gasteiger partial charge is 0.756 e. The van der Waals surface area contributed by atoms with Crippen LogP contribution in [0.1, 0.15) is 6.23 Å². The summed E-state index contributed by atoms with van der Waals surface area (Å²) in [5, 5.41) is 10.4. The van der Waals surface area contributed by atoms with Gasteiger partial charge in [-0.1, -0.05) is 0 Å². The maximum Gasteiger partial charge on any atom is 1.00 e. The van der Waals surface area contributed by atoms with Gasteiger partial charge in [-0.05, 0) is 15.9 Å². The van der Waals surface area contributed by atoms with E-state index < -0.39 is 37.9 Å². The Hall–Kier alpha value is -0.340. The molecule has 15 heteroatoms. The first-order valence-corrected chi connectivity index (χ1v) is 8.93. The number of halogens is 1. The molecule has 0 saturated carbocycles. The van der Waals surface area contributed by atoms with Crippen LogP contribution in [0.2, 0.25) is 0 Å². The fourth-order valence-electron chi connectivity index (χ4n) is 2.74. The number of aliphatic hydroxyl groups is 1. The fraction of sp³-hybridized carbons (Fsp3) is 0.500. The molecule has 12 nitrogen and oxygen atoms in total. The predicted octanol–water partition coefficient (Wildman–Crippen LogP) is -4.39. The van der Waals surface area contributed by atoms with Crippen molar-refractivity contribution in [3.05, 3.63) is 15.1 Å². The van der Waals surface area contributed by atoms with Crippen molar-refractivity contribution in [2.75, 3.05) is 12.3 Å². The molecule has 0 radical (unpaired) electrons. The zero-order valence-corrected chi connectivity index (χ0v) is 17.1. The third kappa shape index (κ3) is 3.23. The minimum absolute atomic E-state index is 0. The topological polar surface area (TPSA) is 178 Å². The third-order valence-corrected chi connectivity index (χ3v) is 5.26. The van der Waals surface area contributed by atoms with Crippen LogP contribution in [0.5, 0.6) is 0 Å². The average molecular weight is 446 g/mol. The number of nitrogens with one attached hydrogen (secondary N) is 1. The number of aliphatic hydroxyl groups excluding tert-OH is 1. The number of phosphoric acid groups is 1. The molecule has 2 aliphatic rings. The van der Waals surface area contributed by atoms with Crippen molar-refractivity contribution < 1.29 is 57.9 Å². The van der Waals surface area contributed by atoms with Gasteiger partial charge in [0.05, 0.1) is 6.61 Å². The summed E-state index contributed by atoms with van der Waals surface area (Å²) in [5.41, 5.74) is 5.02. The second kappa shape index (κ2) is 6.68. The van der Waals surface area contributed by atoms with Crippen molar-refractivity contribution in [3.8, 4) is 0 Å². The van der Waals surface area contributed by atoms with Crippen LogP contribution in [-0.2, 0) is 18.3 Å².